The highest BCUT2D eigenvalue weighted by atomic mass is 19.1. The number of ether oxygens (including phenoxy) is 3. The Morgan fingerprint density at radius 2 is 2.07 bits per heavy atom. The third-order valence-corrected chi connectivity index (χ3v) is 2.74. The van der Waals surface area contributed by atoms with Gasteiger partial charge in [0.05, 0.1) is 20.3 Å². The molecule has 0 spiro atoms. The number of hydrogen-bond donors (Lipinski definition) is 0. The molecule has 1 saturated heterocycles. The van der Waals surface area contributed by atoms with Gasteiger partial charge < -0.3 is 14.2 Å². The van der Waals surface area contributed by atoms with Crippen LogP contribution in [0.15, 0.2) is 18.2 Å². The average Bonchev–Trinajstić information content (AvgIpc) is 2.17. The Bertz CT molecular complexity index is 355. The van der Waals surface area contributed by atoms with E-state index in [1.807, 2.05) is 0 Å². The molecule has 0 bridgehead atoms. The fraction of sp³-hybridized carbons (Fsp3) is 0.455. The second-order valence-corrected chi connectivity index (χ2v) is 3.54. The number of halogens is 1. The van der Waals surface area contributed by atoms with E-state index in [1.54, 1.807) is 19.2 Å². The summed E-state index contributed by atoms with van der Waals surface area (Å²) in [5, 5.41) is 0. The van der Waals surface area contributed by atoms with Crippen LogP contribution in [-0.2, 0) is 15.1 Å². The van der Waals surface area contributed by atoms with Crippen molar-refractivity contribution in [2.24, 2.45) is 0 Å². The second-order valence-electron chi connectivity index (χ2n) is 3.54. The molecular formula is C11H13FO3. The summed E-state index contributed by atoms with van der Waals surface area (Å²) >= 11 is 0. The van der Waals surface area contributed by atoms with Gasteiger partial charge in [-0.15, -0.1) is 0 Å². The maximum absolute atomic E-state index is 13.5. The first-order valence-corrected chi connectivity index (χ1v) is 4.69. The smallest absolute Gasteiger partial charge is 0.165 e. The first kappa shape index (κ1) is 10.4. The van der Waals surface area contributed by atoms with E-state index in [-0.39, 0.29) is 11.6 Å². The highest BCUT2D eigenvalue weighted by Crippen LogP contribution is 2.34. The minimum Gasteiger partial charge on any atom is -0.494 e. The van der Waals surface area contributed by atoms with E-state index in [0.717, 1.165) is 5.56 Å². The van der Waals surface area contributed by atoms with E-state index in [4.69, 9.17) is 14.2 Å². The summed E-state index contributed by atoms with van der Waals surface area (Å²) in [6, 6.07) is 4.84. The number of benzene rings is 1. The quantitative estimate of drug-likeness (QED) is 0.763. The molecule has 15 heavy (non-hydrogen) atoms. The minimum absolute atomic E-state index is 0.241. The van der Waals surface area contributed by atoms with Crippen LogP contribution in [0.25, 0.3) is 0 Å². The summed E-state index contributed by atoms with van der Waals surface area (Å²) < 4.78 is 28.8. The van der Waals surface area contributed by atoms with Crippen LogP contribution in [0, 0.1) is 5.82 Å². The average molecular weight is 212 g/mol. The predicted molar refractivity (Wildman–Crippen MR) is 52.5 cm³/mol. The Morgan fingerprint density at radius 3 is 2.47 bits per heavy atom. The molecule has 2 rings (SSSR count). The molecule has 1 aliphatic rings. The molecule has 4 heteroatoms. The van der Waals surface area contributed by atoms with Crippen molar-refractivity contribution in [1.82, 2.24) is 0 Å². The maximum Gasteiger partial charge on any atom is 0.165 e. The van der Waals surface area contributed by atoms with Crippen molar-refractivity contribution in [2.45, 2.75) is 5.60 Å². The van der Waals surface area contributed by atoms with Gasteiger partial charge in [0.2, 0.25) is 0 Å². The molecule has 1 aromatic rings. The van der Waals surface area contributed by atoms with Gasteiger partial charge in [-0.1, -0.05) is 6.07 Å². The van der Waals surface area contributed by atoms with Gasteiger partial charge in [0, 0.05) is 7.11 Å². The lowest BCUT2D eigenvalue weighted by molar-refractivity contribution is -0.202. The van der Waals surface area contributed by atoms with E-state index >= 15 is 0 Å². The Hall–Kier alpha value is -1.13. The lowest BCUT2D eigenvalue weighted by Gasteiger charge is -2.40. The van der Waals surface area contributed by atoms with Gasteiger partial charge in [-0.3, -0.25) is 0 Å². The van der Waals surface area contributed by atoms with Crippen molar-refractivity contribution in [3.05, 3.63) is 29.6 Å². The molecule has 0 N–H and O–H groups in total. The standard InChI is InChI=1S/C11H13FO3/c1-13-10-4-3-8(5-9(10)12)11(14-2)6-15-7-11/h3-5H,6-7H2,1-2H3. The monoisotopic (exact) mass is 212 g/mol. The van der Waals surface area contributed by atoms with Crippen molar-refractivity contribution < 1.29 is 18.6 Å². The van der Waals surface area contributed by atoms with Crippen LogP contribution in [-0.4, -0.2) is 27.4 Å². The van der Waals surface area contributed by atoms with Gasteiger partial charge in [-0.05, 0) is 17.7 Å². The van der Waals surface area contributed by atoms with Crippen LogP contribution in [0.2, 0.25) is 0 Å². The van der Waals surface area contributed by atoms with Crippen molar-refractivity contribution in [3.63, 3.8) is 0 Å². The van der Waals surface area contributed by atoms with Crippen molar-refractivity contribution in [2.75, 3.05) is 27.4 Å². The normalized spacial score (nSPS) is 18.3. The molecule has 0 atom stereocenters. The van der Waals surface area contributed by atoms with Gasteiger partial charge in [-0.2, -0.15) is 0 Å². The summed E-state index contributed by atoms with van der Waals surface area (Å²) in [4.78, 5) is 0. The van der Waals surface area contributed by atoms with Crippen molar-refractivity contribution >= 4 is 0 Å². The first-order valence-electron chi connectivity index (χ1n) is 4.69. The van der Waals surface area contributed by atoms with E-state index in [2.05, 4.69) is 0 Å². The molecular weight excluding hydrogens is 199 g/mol. The van der Waals surface area contributed by atoms with Crippen molar-refractivity contribution in [1.29, 1.82) is 0 Å². The SMILES string of the molecule is COc1ccc(C2(OC)COC2)cc1F. The van der Waals surface area contributed by atoms with Crippen LogP contribution < -0.4 is 4.74 Å². The van der Waals surface area contributed by atoms with Crippen molar-refractivity contribution in [3.8, 4) is 5.75 Å². The Balaban J connectivity index is 2.33. The molecule has 1 aromatic carbocycles. The fourth-order valence-electron chi connectivity index (χ4n) is 1.64. The van der Waals surface area contributed by atoms with Gasteiger partial charge in [0.1, 0.15) is 5.60 Å². The third-order valence-electron chi connectivity index (χ3n) is 2.74. The van der Waals surface area contributed by atoms with E-state index in [1.165, 1.54) is 13.2 Å². The molecule has 82 valence electrons. The maximum atomic E-state index is 13.5. The molecule has 0 unspecified atom stereocenters. The molecule has 0 saturated carbocycles. The summed E-state index contributed by atoms with van der Waals surface area (Å²) in [7, 11) is 3.04. The van der Waals surface area contributed by atoms with E-state index in [0.29, 0.717) is 13.2 Å². The van der Waals surface area contributed by atoms with Gasteiger partial charge in [0.15, 0.2) is 11.6 Å². The largest absolute Gasteiger partial charge is 0.494 e. The molecule has 1 heterocycles. The third kappa shape index (κ3) is 1.60. The molecule has 1 aliphatic heterocycles. The van der Waals surface area contributed by atoms with Crippen LogP contribution >= 0.6 is 0 Å². The Labute approximate surface area is 87.8 Å². The molecule has 0 aromatic heterocycles. The van der Waals surface area contributed by atoms with E-state index < -0.39 is 5.60 Å². The Kier molecular flexibility index (Phi) is 2.63. The summed E-state index contributed by atoms with van der Waals surface area (Å²) in [5.74, 6) is -0.136. The second kappa shape index (κ2) is 3.79. The molecule has 1 fully saturated rings. The molecule has 0 aliphatic carbocycles. The lowest BCUT2D eigenvalue weighted by Crippen LogP contribution is -2.48. The number of methoxy groups -OCH3 is 2. The van der Waals surface area contributed by atoms with Gasteiger partial charge >= 0.3 is 0 Å². The summed E-state index contributed by atoms with van der Waals surface area (Å²) in [5.41, 5.74) is 0.308. The zero-order chi connectivity index (χ0) is 10.9. The zero-order valence-corrected chi connectivity index (χ0v) is 8.75. The highest BCUT2D eigenvalue weighted by Gasteiger charge is 2.41. The van der Waals surface area contributed by atoms with Gasteiger partial charge in [-0.25, -0.2) is 4.39 Å². The topological polar surface area (TPSA) is 27.7 Å². The predicted octanol–water partition coefficient (Wildman–Crippen LogP) is 1.71. The summed E-state index contributed by atoms with van der Waals surface area (Å²) in [6.07, 6.45) is 0. The fourth-order valence-corrected chi connectivity index (χ4v) is 1.64. The van der Waals surface area contributed by atoms with Crippen LogP contribution in [0.5, 0.6) is 5.75 Å². The van der Waals surface area contributed by atoms with Crippen LogP contribution in [0.4, 0.5) is 4.39 Å². The highest BCUT2D eigenvalue weighted by molar-refractivity contribution is 5.33. The van der Waals surface area contributed by atoms with Crippen LogP contribution in [0.1, 0.15) is 5.56 Å². The summed E-state index contributed by atoms with van der Waals surface area (Å²) in [6.45, 7) is 0.935. The van der Waals surface area contributed by atoms with E-state index in [9.17, 15) is 4.39 Å². The van der Waals surface area contributed by atoms with Gasteiger partial charge in [0.25, 0.3) is 0 Å². The number of hydrogen-bond acceptors (Lipinski definition) is 3. The molecule has 0 radical (unpaired) electrons. The first-order chi connectivity index (χ1) is 7.22. The zero-order valence-electron chi connectivity index (χ0n) is 8.75. The van der Waals surface area contributed by atoms with Crippen LogP contribution in [0.3, 0.4) is 0 Å². The minimum atomic E-state index is -0.479. The molecule has 0 amide bonds. The Morgan fingerprint density at radius 1 is 1.33 bits per heavy atom. The number of rotatable bonds is 3. The lowest BCUT2D eigenvalue weighted by atomic mass is 9.91. The molecule has 3 nitrogen and oxygen atoms in total.